The molecule has 1 N–H and O–H groups in total. The minimum Gasteiger partial charge on any atom is -0.353 e. The molecule has 0 aliphatic carbocycles. The van der Waals surface area contributed by atoms with E-state index in [2.05, 4.69) is 5.32 Å². The molecule has 0 unspecified atom stereocenters. The van der Waals surface area contributed by atoms with E-state index in [0.717, 1.165) is 18.4 Å². The molecule has 0 saturated carbocycles. The lowest BCUT2D eigenvalue weighted by atomic mass is 10.0. The zero-order chi connectivity index (χ0) is 17.0. The van der Waals surface area contributed by atoms with Crippen LogP contribution in [-0.2, 0) is 16.0 Å². The Balaban J connectivity index is 1.82. The number of rotatable bonds is 4. The zero-order valence-electron chi connectivity index (χ0n) is 13.4. The topological polar surface area (TPSA) is 49.4 Å². The number of piperidine rings is 1. The van der Waals surface area contributed by atoms with E-state index in [1.165, 1.54) is 0 Å². The minimum atomic E-state index is -0.0529. The molecule has 1 aromatic rings. The summed E-state index contributed by atoms with van der Waals surface area (Å²) in [4.78, 5) is 26.0. The van der Waals surface area contributed by atoms with E-state index in [0.29, 0.717) is 23.1 Å². The molecule has 0 radical (unpaired) electrons. The van der Waals surface area contributed by atoms with Gasteiger partial charge in [0.15, 0.2) is 0 Å². The van der Waals surface area contributed by atoms with Crippen LogP contribution in [0.4, 0.5) is 0 Å². The first-order chi connectivity index (χ1) is 10.9. The molecule has 0 spiro atoms. The van der Waals surface area contributed by atoms with E-state index in [1.54, 1.807) is 18.2 Å². The Morgan fingerprint density at radius 2 is 1.91 bits per heavy atom. The van der Waals surface area contributed by atoms with Gasteiger partial charge in [0.1, 0.15) is 0 Å². The minimum absolute atomic E-state index is 0.0215. The summed E-state index contributed by atoms with van der Waals surface area (Å²) >= 11 is 11.9. The Kier molecular flexibility index (Phi) is 6.31. The smallest absolute Gasteiger partial charge is 0.225 e. The van der Waals surface area contributed by atoms with Crippen molar-refractivity contribution in [2.24, 2.45) is 5.92 Å². The zero-order valence-corrected chi connectivity index (χ0v) is 15.0. The van der Waals surface area contributed by atoms with Crippen molar-refractivity contribution < 1.29 is 9.59 Å². The van der Waals surface area contributed by atoms with Crippen LogP contribution in [0.25, 0.3) is 0 Å². The second-order valence-electron chi connectivity index (χ2n) is 6.23. The van der Waals surface area contributed by atoms with Gasteiger partial charge in [-0.25, -0.2) is 0 Å². The van der Waals surface area contributed by atoms with Gasteiger partial charge in [0, 0.05) is 35.1 Å². The van der Waals surface area contributed by atoms with Gasteiger partial charge < -0.3 is 10.2 Å². The van der Waals surface area contributed by atoms with E-state index >= 15 is 0 Å². The molecule has 6 heteroatoms. The first-order valence-corrected chi connectivity index (χ1v) is 8.64. The average Bonchev–Trinajstić information content (AvgIpc) is 2.50. The second kappa shape index (κ2) is 8.02. The molecule has 126 valence electrons. The van der Waals surface area contributed by atoms with Crippen LogP contribution in [0.2, 0.25) is 10.0 Å². The fourth-order valence-electron chi connectivity index (χ4n) is 2.73. The third kappa shape index (κ3) is 5.11. The van der Waals surface area contributed by atoms with Crippen LogP contribution in [0.1, 0.15) is 32.3 Å². The molecule has 2 amide bonds. The third-order valence-corrected chi connectivity index (χ3v) is 4.62. The summed E-state index contributed by atoms with van der Waals surface area (Å²) in [6.45, 7) is 5.21. The number of benzene rings is 1. The van der Waals surface area contributed by atoms with Crippen molar-refractivity contribution in [3.63, 3.8) is 0 Å². The number of nitrogens with zero attached hydrogens (tertiary/aromatic N) is 1. The molecule has 1 aliphatic rings. The van der Waals surface area contributed by atoms with E-state index < -0.39 is 0 Å². The van der Waals surface area contributed by atoms with E-state index in [9.17, 15) is 9.59 Å². The number of hydrogen-bond acceptors (Lipinski definition) is 2. The van der Waals surface area contributed by atoms with Crippen molar-refractivity contribution in [3.05, 3.63) is 33.8 Å². The number of hydrogen-bond donors (Lipinski definition) is 1. The molecular formula is C17H22Cl2N2O2. The highest BCUT2D eigenvalue weighted by molar-refractivity contribution is 6.35. The van der Waals surface area contributed by atoms with E-state index in [1.807, 2.05) is 18.7 Å². The van der Waals surface area contributed by atoms with Gasteiger partial charge in [-0.1, -0.05) is 43.1 Å². The molecule has 1 heterocycles. The van der Waals surface area contributed by atoms with Crippen LogP contribution in [0.3, 0.4) is 0 Å². The summed E-state index contributed by atoms with van der Waals surface area (Å²) in [5, 5.41) is 4.09. The summed E-state index contributed by atoms with van der Waals surface area (Å²) < 4.78 is 0. The SMILES string of the molecule is CC(C)C(=O)N1CCC(NC(=O)Cc2ccc(Cl)cc2Cl)CC1. The Morgan fingerprint density at radius 1 is 1.26 bits per heavy atom. The molecule has 1 aliphatic heterocycles. The van der Waals surface area contributed by atoms with Gasteiger partial charge in [-0.3, -0.25) is 9.59 Å². The van der Waals surface area contributed by atoms with Gasteiger partial charge in [0.05, 0.1) is 6.42 Å². The second-order valence-corrected chi connectivity index (χ2v) is 7.08. The fraction of sp³-hybridized carbons (Fsp3) is 0.529. The Labute approximate surface area is 147 Å². The summed E-state index contributed by atoms with van der Waals surface area (Å²) in [5.74, 6) is 0.152. The van der Waals surface area contributed by atoms with E-state index in [4.69, 9.17) is 23.2 Å². The Bertz CT molecular complexity index is 582. The molecule has 0 atom stereocenters. The lowest BCUT2D eigenvalue weighted by Gasteiger charge is -2.33. The molecule has 23 heavy (non-hydrogen) atoms. The third-order valence-electron chi connectivity index (χ3n) is 4.03. The van der Waals surface area contributed by atoms with Crippen LogP contribution in [0, 0.1) is 5.92 Å². The number of nitrogens with one attached hydrogen (secondary N) is 1. The maximum atomic E-state index is 12.2. The highest BCUT2D eigenvalue weighted by Crippen LogP contribution is 2.21. The van der Waals surface area contributed by atoms with Gasteiger partial charge >= 0.3 is 0 Å². The summed E-state index contributed by atoms with van der Waals surface area (Å²) in [6, 6.07) is 5.26. The van der Waals surface area contributed by atoms with Crippen LogP contribution >= 0.6 is 23.2 Å². The molecule has 0 bridgehead atoms. The molecule has 1 aromatic carbocycles. The Morgan fingerprint density at radius 3 is 2.48 bits per heavy atom. The predicted molar refractivity (Wildman–Crippen MR) is 92.7 cm³/mol. The predicted octanol–water partition coefficient (Wildman–Crippen LogP) is 3.30. The number of carbonyl (C=O) groups excluding carboxylic acids is 2. The van der Waals surface area contributed by atoms with Crippen LogP contribution in [0.5, 0.6) is 0 Å². The highest BCUT2D eigenvalue weighted by Gasteiger charge is 2.25. The van der Waals surface area contributed by atoms with Gasteiger partial charge in [0.25, 0.3) is 0 Å². The first kappa shape index (κ1) is 18.1. The quantitative estimate of drug-likeness (QED) is 0.899. The average molecular weight is 357 g/mol. The number of carbonyl (C=O) groups is 2. The molecular weight excluding hydrogens is 335 g/mol. The summed E-state index contributed by atoms with van der Waals surface area (Å²) in [7, 11) is 0. The van der Waals surface area contributed by atoms with Crippen LogP contribution < -0.4 is 5.32 Å². The molecule has 2 rings (SSSR count). The van der Waals surface area contributed by atoms with Crippen LogP contribution in [-0.4, -0.2) is 35.8 Å². The van der Waals surface area contributed by atoms with Crippen molar-refractivity contribution in [3.8, 4) is 0 Å². The van der Waals surface area contributed by atoms with Crippen molar-refractivity contribution >= 4 is 35.0 Å². The van der Waals surface area contributed by atoms with Crippen molar-refractivity contribution in [1.82, 2.24) is 10.2 Å². The maximum Gasteiger partial charge on any atom is 0.225 e. The van der Waals surface area contributed by atoms with Crippen molar-refractivity contribution in [2.75, 3.05) is 13.1 Å². The first-order valence-electron chi connectivity index (χ1n) is 7.89. The lowest BCUT2D eigenvalue weighted by Crippen LogP contribution is -2.47. The number of amides is 2. The van der Waals surface area contributed by atoms with Gasteiger partial charge in [-0.2, -0.15) is 0 Å². The number of likely N-dealkylation sites (tertiary alicyclic amines) is 1. The fourth-order valence-corrected chi connectivity index (χ4v) is 3.20. The van der Waals surface area contributed by atoms with E-state index in [-0.39, 0.29) is 30.2 Å². The molecule has 1 saturated heterocycles. The van der Waals surface area contributed by atoms with Gasteiger partial charge in [0.2, 0.25) is 11.8 Å². The summed E-state index contributed by atoms with van der Waals surface area (Å²) in [6.07, 6.45) is 1.82. The van der Waals surface area contributed by atoms with Crippen molar-refractivity contribution in [1.29, 1.82) is 0 Å². The normalized spacial score (nSPS) is 15.8. The molecule has 4 nitrogen and oxygen atoms in total. The monoisotopic (exact) mass is 356 g/mol. The molecule has 0 aromatic heterocycles. The Hall–Kier alpha value is -1.26. The van der Waals surface area contributed by atoms with Crippen LogP contribution in [0.15, 0.2) is 18.2 Å². The lowest BCUT2D eigenvalue weighted by molar-refractivity contribution is -0.135. The number of halogens is 2. The maximum absolute atomic E-state index is 12.2. The summed E-state index contributed by atoms with van der Waals surface area (Å²) in [5.41, 5.74) is 0.765. The van der Waals surface area contributed by atoms with Gasteiger partial charge in [-0.05, 0) is 30.5 Å². The standard InChI is InChI=1S/C17H22Cl2N2O2/c1-11(2)17(23)21-7-5-14(6-8-21)20-16(22)9-12-3-4-13(18)10-15(12)19/h3-4,10-11,14H,5-9H2,1-2H3,(H,20,22). The largest absolute Gasteiger partial charge is 0.353 e. The van der Waals surface area contributed by atoms with Gasteiger partial charge in [-0.15, -0.1) is 0 Å². The highest BCUT2D eigenvalue weighted by atomic mass is 35.5. The molecule has 1 fully saturated rings. The van der Waals surface area contributed by atoms with Crippen molar-refractivity contribution in [2.45, 2.75) is 39.2 Å².